The molecule has 160 valence electrons. The number of aromatic nitrogens is 3. The second-order valence-electron chi connectivity index (χ2n) is 7.15. The van der Waals surface area contributed by atoms with E-state index in [2.05, 4.69) is 15.4 Å². The maximum absolute atomic E-state index is 14.4. The van der Waals surface area contributed by atoms with Crippen molar-refractivity contribution < 1.29 is 23.1 Å². The summed E-state index contributed by atoms with van der Waals surface area (Å²) in [6, 6.07) is 7.92. The van der Waals surface area contributed by atoms with Crippen molar-refractivity contribution in [3.63, 3.8) is 0 Å². The number of fused-ring (bicyclic) bond motifs is 1. The van der Waals surface area contributed by atoms with E-state index in [1.165, 1.54) is 35.0 Å². The van der Waals surface area contributed by atoms with Crippen LogP contribution in [0.25, 0.3) is 0 Å². The second-order valence-corrected chi connectivity index (χ2v) is 7.15. The summed E-state index contributed by atoms with van der Waals surface area (Å²) >= 11 is 0. The average Bonchev–Trinajstić information content (AvgIpc) is 3.09. The van der Waals surface area contributed by atoms with E-state index >= 15 is 0 Å². The molecule has 0 spiro atoms. The van der Waals surface area contributed by atoms with Crippen LogP contribution in [0.5, 0.6) is 5.75 Å². The topological polar surface area (TPSA) is 89.3 Å². The molecule has 1 N–H and O–H groups in total. The zero-order valence-electron chi connectivity index (χ0n) is 16.8. The van der Waals surface area contributed by atoms with Crippen LogP contribution in [0.15, 0.2) is 48.8 Å². The molecule has 1 aliphatic heterocycles. The van der Waals surface area contributed by atoms with E-state index in [1.54, 1.807) is 31.2 Å². The van der Waals surface area contributed by atoms with E-state index in [-0.39, 0.29) is 12.4 Å². The van der Waals surface area contributed by atoms with Crippen molar-refractivity contribution in [1.82, 2.24) is 20.1 Å². The van der Waals surface area contributed by atoms with Crippen LogP contribution in [0.1, 0.15) is 23.0 Å². The first-order chi connectivity index (χ1) is 14.8. The zero-order valence-corrected chi connectivity index (χ0v) is 16.8. The van der Waals surface area contributed by atoms with Gasteiger partial charge in [-0.15, -0.1) is 0 Å². The van der Waals surface area contributed by atoms with Gasteiger partial charge in [-0.3, -0.25) is 19.2 Å². The van der Waals surface area contributed by atoms with Gasteiger partial charge in [-0.05, 0) is 36.8 Å². The van der Waals surface area contributed by atoms with Crippen LogP contribution in [-0.2, 0) is 11.3 Å². The van der Waals surface area contributed by atoms with Crippen molar-refractivity contribution in [2.45, 2.75) is 25.6 Å². The quantitative estimate of drug-likeness (QED) is 0.689. The average molecular weight is 427 g/mol. The number of ether oxygens (including phenoxy) is 1. The Labute approximate surface area is 176 Å². The minimum atomic E-state index is -1.08. The first-order valence-corrected chi connectivity index (χ1v) is 9.51. The van der Waals surface area contributed by atoms with Crippen LogP contribution in [-0.4, -0.2) is 45.8 Å². The lowest BCUT2D eigenvalue weighted by Crippen LogP contribution is -2.53. The van der Waals surface area contributed by atoms with Gasteiger partial charge in [0.15, 0.2) is 23.1 Å². The number of rotatable bonds is 4. The molecule has 0 aliphatic carbocycles. The summed E-state index contributed by atoms with van der Waals surface area (Å²) < 4.78 is 34.5. The standard InChI is InChI=1S/C21H19F2N5O3/c1-12-17(21(30)27(2)19-16(31-12)4-3-9-24-19)25-20(29)18-15(23)11-28(26-18)10-13-5-7-14(22)8-6-13/h3-9,11-12,17H,10H2,1-2H3,(H,25,29). The van der Waals surface area contributed by atoms with Gasteiger partial charge in [0.25, 0.3) is 11.8 Å². The number of hydrogen-bond donors (Lipinski definition) is 1. The summed E-state index contributed by atoms with van der Waals surface area (Å²) in [6.07, 6.45) is 1.87. The Balaban J connectivity index is 1.52. The monoisotopic (exact) mass is 427 g/mol. The summed E-state index contributed by atoms with van der Waals surface area (Å²) in [4.78, 5) is 31.0. The number of nitrogens with zero attached hydrogens (tertiary/aromatic N) is 4. The molecule has 10 heteroatoms. The molecule has 0 bridgehead atoms. The lowest BCUT2D eigenvalue weighted by Gasteiger charge is -2.23. The lowest BCUT2D eigenvalue weighted by molar-refractivity contribution is -0.121. The maximum atomic E-state index is 14.4. The van der Waals surface area contributed by atoms with Crippen molar-refractivity contribution in [3.8, 4) is 5.75 Å². The number of pyridine rings is 1. The molecule has 1 aromatic carbocycles. The van der Waals surface area contributed by atoms with E-state index < -0.39 is 35.5 Å². The molecule has 1 aliphatic rings. The molecule has 0 saturated carbocycles. The van der Waals surface area contributed by atoms with Gasteiger partial charge < -0.3 is 10.1 Å². The van der Waals surface area contributed by atoms with E-state index in [4.69, 9.17) is 4.74 Å². The third-order valence-electron chi connectivity index (χ3n) is 4.92. The van der Waals surface area contributed by atoms with Gasteiger partial charge in [-0.2, -0.15) is 5.10 Å². The molecule has 2 unspecified atom stereocenters. The highest BCUT2D eigenvalue weighted by Crippen LogP contribution is 2.29. The van der Waals surface area contributed by atoms with Gasteiger partial charge in [0, 0.05) is 13.2 Å². The van der Waals surface area contributed by atoms with E-state index in [1.807, 2.05) is 0 Å². The number of likely N-dealkylation sites (N-methyl/N-ethyl adjacent to an activating group) is 1. The van der Waals surface area contributed by atoms with Crippen molar-refractivity contribution >= 4 is 17.6 Å². The Hall–Kier alpha value is -3.82. The first kappa shape index (κ1) is 20.5. The Bertz CT molecular complexity index is 1130. The summed E-state index contributed by atoms with van der Waals surface area (Å²) in [5.74, 6) is -1.81. The molecule has 2 atom stereocenters. The Morgan fingerprint density at radius 1 is 1.23 bits per heavy atom. The lowest BCUT2D eigenvalue weighted by atomic mass is 10.1. The van der Waals surface area contributed by atoms with Crippen LogP contribution < -0.4 is 15.0 Å². The fraction of sp³-hybridized carbons (Fsp3) is 0.238. The maximum Gasteiger partial charge on any atom is 0.275 e. The molecule has 8 nitrogen and oxygen atoms in total. The molecule has 0 fully saturated rings. The third kappa shape index (κ3) is 4.09. The summed E-state index contributed by atoms with van der Waals surface area (Å²) in [7, 11) is 1.52. The largest absolute Gasteiger partial charge is 0.484 e. The zero-order chi connectivity index (χ0) is 22.1. The van der Waals surface area contributed by atoms with Gasteiger partial charge in [0.2, 0.25) is 0 Å². The number of hydrogen-bond acceptors (Lipinski definition) is 5. The third-order valence-corrected chi connectivity index (χ3v) is 4.92. The number of carbonyl (C=O) groups excluding carboxylic acids is 2. The molecule has 0 radical (unpaired) electrons. The highest BCUT2D eigenvalue weighted by Gasteiger charge is 2.37. The molecule has 3 heterocycles. The summed E-state index contributed by atoms with van der Waals surface area (Å²) in [6.45, 7) is 1.78. The van der Waals surface area contributed by atoms with Crippen LogP contribution in [0.2, 0.25) is 0 Å². The smallest absolute Gasteiger partial charge is 0.275 e. The number of benzene rings is 1. The highest BCUT2D eigenvalue weighted by atomic mass is 19.1. The van der Waals surface area contributed by atoms with Gasteiger partial charge >= 0.3 is 0 Å². The molecular formula is C21H19F2N5O3. The number of anilines is 1. The summed E-state index contributed by atoms with van der Waals surface area (Å²) in [5, 5.41) is 6.50. The first-order valence-electron chi connectivity index (χ1n) is 9.51. The van der Waals surface area contributed by atoms with Crippen LogP contribution >= 0.6 is 0 Å². The van der Waals surface area contributed by atoms with Crippen molar-refractivity contribution in [2.75, 3.05) is 11.9 Å². The molecule has 0 saturated heterocycles. The normalized spacial score (nSPS) is 18.2. The molecule has 31 heavy (non-hydrogen) atoms. The number of nitrogens with one attached hydrogen (secondary N) is 1. The highest BCUT2D eigenvalue weighted by molar-refractivity contribution is 6.02. The molecule has 2 amide bonds. The number of amides is 2. The van der Waals surface area contributed by atoms with Crippen molar-refractivity contribution in [2.24, 2.45) is 0 Å². The fourth-order valence-corrected chi connectivity index (χ4v) is 3.31. The number of carbonyl (C=O) groups is 2. The predicted molar refractivity (Wildman–Crippen MR) is 107 cm³/mol. The van der Waals surface area contributed by atoms with Gasteiger partial charge in [0.1, 0.15) is 18.0 Å². The van der Waals surface area contributed by atoms with Gasteiger partial charge in [-0.25, -0.2) is 13.8 Å². The second kappa shape index (κ2) is 8.13. The van der Waals surface area contributed by atoms with E-state index in [0.717, 1.165) is 6.20 Å². The van der Waals surface area contributed by atoms with Crippen LogP contribution in [0, 0.1) is 11.6 Å². The van der Waals surface area contributed by atoms with Crippen LogP contribution in [0.4, 0.5) is 14.6 Å². The minimum absolute atomic E-state index is 0.149. The minimum Gasteiger partial charge on any atom is -0.484 e. The molecule has 3 aromatic rings. The fourth-order valence-electron chi connectivity index (χ4n) is 3.31. The molecular weight excluding hydrogens is 408 g/mol. The van der Waals surface area contributed by atoms with E-state index in [9.17, 15) is 18.4 Å². The van der Waals surface area contributed by atoms with Gasteiger partial charge in [-0.1, -0.05) is 12.1 Å². The summed E-state index contributed by atoms with van der Waals surface area (Å²) in [5.41, 5.74) is 0.230. The Morgan fingerprint density at radius 3 is 2.71 bits per heavy atom. The number of halogens is 2. The Morgan fingerprint density at radius 2 is 1.97 bits per heavy atom. The van der Waals surface area contributed by atoms with Crippen LogP contribution in [0.3, 0.4) is 0 Å². The van der Waals surface area contributed by atoms with E-state index in [0.29, 0.717) is 17.1 Å². The Kier molecular flexibility index (Phi) is 5.37. The van der Waals surface area contributed by atoms with Gasteiger partial charge in [0.05, 0.1) is 12.7 Å². The predicted octanol–water partition coefficient (Wildman–Crippen LogP) is 2.15. The van der Waals surface area contributed by atoms with Crippen molar-refractivity contribution in [1.29, 1.82) is 0 Å². The molecule has 2 aromatic heterocycles. The van der Waals surface area contributed by atoms with Crippen molar-refractivity contribution in [3.05, 3.63) is 71.7 Å². The molecule has 4 rings (SSSR count). The SMILES string of the molecule is CC1Oc2cccnc2N(C)C(=O)C1NC(=O)c1nn(Cc2ccc(F)cc2)cc1F.